The van der Waals surface area contributed by atoms with Crippen LogP contribution in [-0.2, 0) is 4.79 Å². The topological polar surface area (TPSA) is 92.4 Å². The zero-order valence-electron chi connectivity index (χ0n) is 11.1. The molecule has 2 unspecified atom stereocenters. The van der Waals surface area contributed by atoms with Gasteiger partial charge in [0.15, 0.2) is 6.39 Å². The highest BCUT2D eigenvalue weighted by Gasteiger charge is 2.46. The summed E-state index contributed by atoms with van der Waals surface area (Å²) < 4.78 is 5.01. The van der Waals surface area contributed by atoms with Crippen LogP contribution >= 0.6 is 0 Å². The van der Waals surface area contributed by atoms with Crippen LogP contribution in [0.1, 0.15) is 48.9 Å². The number of carboxylic acids is 1. The molecule has 6 nitrogen and oxygen atoms in total. The number of nitrogens with one attached hydrogen (secondary N) is 1. The fourth-order valence-corrected chi connectivity index (χ4v) is 2.68. The second-order valence-electron chi connectivity index (χ2n) is 5.14. The third-order valence-electron chi connectivity index (χ3n) is 3.97. The van der Waals surface area contributed by atoms with E-state index in [1.165, 1.54) is 6.39 Å². The van der Waals surface area contributed by atoms with Crippen LogP contribution in [0.15, 0.2) is 10.8 Å². The summed E-state index contributed by atoms with van der Waals surface area (Å²) in [6.07, 6.45) is 4.21. The van der Waals surface area contributed by atoms with Gasteiger partial charge < -0.3 is 14.8 Å². The van der Waals surface area contributed by atoms with Crippen molar-refractivity contribution < 1.29 is 19.1 Å². The Balaban J connectivity index is 2.24. The van der Waals surface area contributed by atoms with Gasteiger partial charge in [-0.25, -0.2) is 9.78 Å². The zero-order valence-corrected chi connectivity index (χ0v) is 11.1. The highest BCUT2D eigenvalue weighted by molar-refractivity contribution is 5.96. The Bertz CT molecular complexity index is 497. The van der Waals surface area contributed by atoms with Gasteiger partial charge in [0.2, 0.25) is 5.76 Å². The van der Waals surface area contributed by atoms with Crippen molar-refractivity contribution in [1.29, 1.82) is 0 Å². The van der Waals surface area contributed by atoms with Crippen molar-refractivity contribution in [2.75, 3.05) is 0 Å². The Morgan fingerprint density at radius 1 is 1.53 bits per heavy atom. The number of oxazole rings is 1. The van der Waals surface area contributed by atoms with E-state index in [0.29, 0.717) is 12.1 Å². The Morgan fingerprint density at radius 2 is 2.26 bits per heavy atom. The minimum Gasteiger partial charge on any atom is -0.479 e. The smallest absolute Gasteiger partial charge is 0.329 e. The summed E-state index contributed by atoms with van der Waals surface area (Å²) in [6, 6.07) is 0. The number of hydrogen-bond acceptors (Lipinski definition) is 4. The SMILES string of the molecule is Cc1ncoc1C(=O)NC1(C(=O)O)CCCCC1C. The molecule has 1 aromatic rings. The summed E-state index contributed by atoms with van der Waals surface area (Å²) in [6.45, 7) is 3.51. The number of carbonyl (C=O) groups excluding carboxylic acids is 1. The van der Waals surface area contributed by atoms with Gasteiger partial charge >= 0.3 is 5.97 Å². The quantitative estimate of drug-likeness (QED) is 0.869. The van der Waals surface area contributed by atoms with Crippen molar-refractivity contribution in [3.8, 4) is 0 Å². The lowest BCUT2D eigenvalue weighted by Crippen LogP contribution is -2.60. The first-order chi connectivity index (χ1) is 8.97. The summed E-state index contributed by atoms with van der Waals surface area (Å²) in [5.74, 6) is -1.51. The second kappa shape index (κ2) is 5.03. The van der Waals surface area contributed by atoms with E-state index < -0.39 is 17.4 Å². The van der Waals surface area contributed by atoms with Crippen LogP contribution in [0.5, 0.6) is 0 Å². The Morgan fingerprint density at radius 3 is 2.79 bits per heavy atom. The van der Waals surface area contributed by atoms with E-state index in [9.17, 15) is 14.7 Å². The monoisotopic (exact) mass is 266 g/mol. The summed E-state index contributed by atoms with van der Waals surface area (Å²) in [5, 5.41) is 12.2. The lowest BCUT2D eigenvalue weighted by molar-refractivity contribution is -0.148. The molecule has 0 saturated heterocycles. The zero-order chi connectivity index (χ0) is 14.0. The molecule has 2 N–H and O–H groups in total. The van der Waals surface area contributed by atoms with Gasteiger partial charge in [-0.2, -0.15) is 0 Å². The van der Waals surface area contributed by atoms with E-state index in [0.717, 1.165) is 19.3 Å². The van der Waals surface area contributed by atoms with Crippen molar-refractivity contribution in [3.63, 3.8) is 0 Å². The molecule has 0 aliphatic heterocycles. The molecule has 1 aliphatic carbocycles. The van der Waals surface area contributed by atoms with Gasteiger partial charge in [0.25, 0.3) is 5.91 Å². The van der Waals surface area contributed by atoms with Crippen LogP contribution in [0.4, 0.5) is 0 Å². The fraction of sp³-hybridized carbons (Fsp3) is 0.615. The summed E-state index contributed by atoms with van der Waals surface area (Å²) >= 11 is 0. The normalized spacial score (nSPS) is 26.9. The molecule has 0 spiro atoms. The maximum atomic E-state index is 12.1. The molecule has 1 aliphatic rings. The number of nitrogens with zero attached hydrogens (tertiary/aromatic N) is 1. The molecule has 0 radical (unpaired) electrons. The first-order valence-electron chi connectivity index (χ1n) is 6.43. The number of carbonyl (C=O) groups is 2. The van der Waals surface area contributed by atoms with Crippen LogP contribution in [-0.4, -0.2) is 27.5 Å². The lowest BCUT2D eigenvalue weighted by atomic mass is 9.73. The van der Waals surface area contributed by atoms with Crippen LogP contribution in [0, 0.1) is 12.8 Å². The van der Waals surface area contributed by atoms with E-state index in [4.69, 9.17) is 4.42 Å². The summed E-state index contributed by atoms with van der Waals surface area (Å²) in [4.78, 5) is 27.6. The number of rotatable bonds is 3. The first-order valence-corrected chi connectivity index (χ1v) is 6.43. The van der Waals surface area contributed by atoms with E-state index in [1.54, 1.807) is 6.92 Å². The van der Waals surface area contributed by atoms with Crippen LogP contribution < -0.4 is 5.32 Å². The molecule has 0 aromatic carbocycles. The van der Waals surface area contributed by atoms with Crippen molar-refractivity contribution in [2.24, 2.45) is 5.92 Å². The predicted molar refractivity (Wildman–Crippen MR) is 66.7 cm³/mol. The number of carboxylic acid groups (broad SMARTS) is 1. The van der Waals surface area contributed by atoms with Gasteiger partial charge in [0.1, 0.15) is 5.54 Å². The molecule has 1 fully saturated rings. The Hall–Kier alpha value is -1.85. The van der Waals surface area contributed by atoms with Crippen LogP contribution in [0.3, 0.4) is 0 Å². The van der Waals surface area contributed by atoms with Gasteiger partial charge in [-0.3, -0.25) is 4.79 Å². The molecule has 2 atom stereocenters. The average molecular weight is 266 g/mol. The molecular formula is C13H18N2O4. The first kappa shape index (κ1) is 13.6. The molecule has 2 rings (SSSR count). The molecule has 6 heteroatoms. The van der Waals surface area contributed by atoms with Crippen LogP contribution in [0.2, 0.25) is 0 Å². The third-order valence-corrected chi connectivity index (χ3v) is 3.97. The van der Waals surface area contributed by atoms with Gasteiger partial charge in [-0.1, -0.05) is 19.8 Å². The van der Waals surface area contributed by atoms with Gasteiger partial charge in [-0.05, 0) is 25.7 Å². The van der Waals surface area contributed by atoms with Gasteiger partial charge in [-0.15, -0.1) is 0 Å². The molecule has 1 heterocycles. The molecule has 19 heavy (non-hydrogen) atoms. The summed E-state index contributed by atoms with van der Waals surface area (Å²) in [5.41, 5.74) is -0.740. The highest BCUT2D eigenvalue weighted by Crippen LogP contribution is 2.34. The van der Waals surface area contributed by atoms with Crippen molar-refractivity contribution in [1.82, 2.24) is 10.3 Å². The molecule has 1 saturated carbocycles. The van der Waals surface area contributed by atoms with Gasteiger partial charge in [0, 0.05) is 0 Å². The largest absolute Gasteiger partial charge is 0.479 e. The van der Waals surface area contributed by atoms with Gasteiger partial charge in [0.05, 0.1) is 5.69 Å². The number of hydrogen-bond donors (Lipinski definition) is 2. The summed E-state index contributed by atoms with van der Waals surface area (Å²) in [7, 11) is 0. The molecule has 1 aromatic heterocycles. The average Bonchev–Trinajstić information content (AvgIpc) is 2.78. The molecule has 0 bridgehead atoms. The number of aliphatic carboxylic acids is 1. The van der Waals surface area contributed by atoms with E-state index >= 15 is 0 Å². The second-order valence-corrected chi connectivity index (χ2v) is 5.14. The van der Waals surface area contributed by atoms with E-state index in [-0.39, 0.29) is 11.7 Å². The third kappa shape index (κ3) is 2.34. The van der Waals surface area contributed by atoms with Crippen molar-refractivity contribution >= 4 is 11.9 Å². The lowest BCUT2D eigenvalue weighted by Gasteiger charge is -2.39. The minimum atomic E-state index is -1.20. The maximum Gasteiger partial charge on any atom is 0.329 e. The van der Waals surface area contributed by atoms with E-state index in [1.807, 2.05) is 6.92 Å². The van der Waals surface area contributed by atoms with Crippen molar-refractivity contribution in [3.05, 3.63) is 17.8 Å². The van der Waals surface area contributed by atoms with E-state index in [2.05, 4.69) is 10.3 Å². The predicted octanol–water partition coefficient (Wildman–Crippen LogP) is 1.75. The standard InChI is InChI=1S/C13H18N2O4/c1-8-5-3-4-6-13(8,12(17)18)15-11(16)10-9(2)14-7-19-10/h7-8H,3-6H2,1-2H3,(H,15,16)(H,17,18). The van der Waals surface area contributed by atoms with Crippen molar-refractivity contribution in [2.45, 2.75) is 45.1 Å². The number of aryl methyl sites for hydroxylation is 1. The highest BCUT2D eigenvalue weighted by atomic mass is 16.4. The Labute approximate surface area is 111 Å². The minimum absolute atomic E-state index is 0.0819. The fourth-order valence-electron chi connectivity index (χ4n) is 2.68. The molecule has 104 valence electrons. The molecular weight excluding hydrogens is 248 g/mol. The van der Waals surface area contributed by atoms with Crippen LogP contribution in [0.25, 0.3) is 0 Å². The molecule has 1 amide bonds. The maximum absolute atomic E-state index is 12.1. The number of amides is 1. The Kier molecular flexibility index (Phi) is 3.59. The number of aromatic nitrogens is 1.